The maximum atomic E-state index is 12.9. The lowest BCUT2D eigenvalue weighted by molar-refractivity contribution is -0.119. The number of anilines is 1. The van der Waals surface area contributed by atoms with Crippen molar-refractivity contribution in [3.63, 3.8) is 0 Å². The lowest BCUT2D eigenvalue weighted by Crippen LogP contribution is -2.26. The number of thioether (sulfide) groups is 1. The Bertz CT molecular complexity index is 934. The van der Waals surface area contributed by atoms with Gasteiger partial charge in [-0.05, 0) is 62.6 Å². The van der Waals surface area contributed by atoms with Crippen LogP contribution in [0.3, 0.4) is 0 Å². The number of hydrogen-bond donors (Lipinski definition) is 1. The molecule has 2 aromatic heterocycles. The van der Waals surface area contributed by atoms with E-state index in [2.05, 4.69) is 10.4 Å². The second-order valence-corrected chi connectivity index (χ2v) is 7.63. The fourth-order valence-electron chi connectivity index (χ4n) is 3.23. The zero-order valence-corrected chi connectivity index (χ0v) is 17.5. The minimum atomic E-state index is -0.246. The molecule has 0 saturated heterocycles. The number of aromatic nitrogens is 3. The molecular weight excluding hydrogens is 372 g/mol. The van der Waals surface area contributed by atoms with Gasteiger partial charge >= 0.3 is 0 Å². The van der Waals surface area contributed by atoms with Crippen molar-refractivity contribution in [3.8, 4) is 11.4 Å². The van der Waals surface area contributed by atoms with E-state index in [1.165, 1.54) is 0 Å². The number of nitrogens with one attached hydrogen (secondary N) is 1. The van der Waals surface area contributed by atoms with Gasteiger partial charge in [0.15, 0.2) is 0 Å². The number of aryl methyl sites for hydroxylation is 2. The molecule has 1 N–H and O–H groups in total. The molecule has 3 rings (SSSR count). The van der Waals surface area contributed by atoms with Crippen molar-refractivity contribution in [1.82, 2.24) is 14.3 Å². The van der Waals surface area contributed by atoms with E-state index in [0.29, 0.717) is 11.4 Å². The second-order valence-electron chi connectivity index (χ2n) is 6.64. The van der Waals surface area contributed by atoms with Gasteiger partial charge in [-0.25, -0.2) is 4.68 Å². The number of rotatable bonds is 8. The van der Waals surface area contributed by atoms with Crippen LogP contribution in [-0.2, 0) is 4.79 Å². The van der Waals surface area contributed by atoms with Crippen molar-refractivity contribution in [2.45, 2.75) is 26.3 Å². The molecule has 0 spiro atoms. The van der Waals surface area contributed by atoms with Crippen LogP contribution in [0.15, 0.2) is 48.8 Å². The Hall–Kier alpha value is -2.67. The molecule has 1 atom stereocenters. The molecule has 0 radical (unpaired) electrons. The summed E-state index contributed by atoms with van der Waals surface area (Å²) >= 11 is 1.74. The van der Waals surface area contributed by atoms with Crippen molar-refractivity contribution >= 4 is 23.4 Å². The third-order valence-corrected chi connectivity index (χ3v) is 5.21. The molecule has 0 fully saturated rings. The quantitative estimate of drug-likeness (QED) is 0.617. The van der Waals surface area contributed by atoms with Gasteiger partial charge in [-0.2, -0.15) is 16.9 Å². The van der Waals surface area contributed by atoms with Gasteiger partial charge in [0, 0.05) is 29.8 Å². The first-order valence-electron chi connectivity index (χ1n) is 9.17. The lowest BCUT2D eigenvalue weighted by atomic mass is 10.2. The van der Waals surface area contributed by atoms with Crippen molar-refractivity contribution in [1.29, 1.82) is 0 Å². The summed E-state index contributed by atoms with van der Waals surface area (Å²) < 4.78 is 9.36. The summed E-state index contributed by atoms with van der Waals surface area (Å²) in [6.45, 7) is 3.96. The number of carbonyl (C=O) groups excluding carboxylic acids is 1. The van der Waals surface area contributed by atoms with Gasteiger partial charge in [-0.3, -0.25) is 4.79 Å². The van der Waals surface area contributed by atoms with Crippen LogP contribution in [0.1, 0.15) is 23.9 Å². The molecule has 1 aromatic carbocycles. The maximum Gasteiger partial charge on any atom is 0.247 e. The number of nitrogens with zero attached hydrogens (tertiary/aromatic N) is 3. The van der Waals surface area contributed by atoms with E-state index in [9.17, 15) is 4.79 Å². The molecule has 0 bridgehead atoms. The highest BCUT2D eigenvalue weighted by Gasteiger charge is 2.20. The summed E-state index contributed by atoms with van der Waals surface area (Å²) in [7, 11) is 1.62. The molecule has 3 aromatic rings. The van der Waals surface area contributed by atoms with Crippen molar-refractivity contribution in [3.05, 3.63) is 60.2 Å². The smallest absolute Gasteiger partial charge is 0.247 e. The van der Waals surface area contributed by atoms with E-state index in [1.807, 2.05) is 78.1 Å². The Kier molecular flexibility index (Phi) is 6.46. The largest absolute Gasteiger partial charge is 0.494 e. The van der Waals surface area contributed by atoms with E-state index in [-0.39, 0.29) is 11.9 Å². The predicted octanol–water partition coefficient (Wildman–Crippen LogP) is 4.23. The predicted molar refractivity (Wildman–Crippen MR) is 115 cm³/mol. The maximum absolute atomic E-state index is 12.9. The lowest BCUT2D eigenvalue weighted by Gasteiger charge is -2.19. The van der Waals surface area contributed by atoms with Gasteiger partial charge in [0.2, 0.25) is 5.91 Å². The van der Waals surface area contributed by atoms with Crippen LogP contribution in [0.25, 0.3) is 5.69 Å². The average molecular weight is 399 g/mol. The van der Waals surface area contributed by atoms with Gasteiger partial charge in [0.05, 0.1) is 12.8 Å². The molecule has 28 heavy (non-hydrogen) atoms. The molecule has 0 aliphatic rings. The Morgan fingerprint density at radius 2 is 2.00 bits per heavy atom. The number of methoxy groups -OCH3 is 1. The van der Waals surface area contributed by atoms with E-state index in [1.54, 1.807) is 18.9 Å². The summed E-state index contributed by atoms with van der Waals surface area (Å²) in [6.07, 6.45) is 6.67. The second kappa shape index (κ2) is 9.01. The van der Waals surface area contributed by atoms with E-state index in [4.69, 9.17) is 4.74 Å². The molecule has 148 valence electrons. The SMILES string of the molecule is COc1cc(NC(=O)[C@H](CCSC)n2cccc2)ccc1-n1nc(C)cc1C. The molecule has 7 heteroatoms. The number of hydrogen-bond acceptors (Lipinski definition) is 4. The Labute approximate surface area is 169 Å². The fraction of sp³-hybridized carbons (Fsp3) is 0.333. The Morgan fingerprint density at radius 1 is 1.25 bits per heavy atom. The Balaban J connectivity index is 1.83. The van der Waals surface area contributed by atoms with Crippen molar-refractivity contribution < 1.29 is 9.53 Å². The number of ether oxygens (including phenoxy) is 1. The number of amides is 1. The van der Waals surface area contributed by atoms with Gasteiger partial charge < -0.3 is 14.6 Å². The highest BCUT2D eigenvalue weighted by Crippen LogP contribution is 2.28. The van der Waals surface area contributed by atoms with Crippen molar-refractivity contribution in [2.75, 3.05) is 24.4 Å². The third kappa shape index (κ3) is 4.42. The van der Waals surface area contributed by atoms with Gasteiger partial charge in [-0.15, -0.1) is 0 Å². The zero-order valence-electron chi connectivity index (χ0n) is 16.7. The molecule has 1 amide bonds. The number of benzene rings is 1. The summed E-state index contributed by atoms with van der Waals surface area (Å²) in [5, 5.41) is 7.55. The highest BCUT2D eigenvalue weighted by atomic mass is 32.2. The molecule has 2 heterocycles. The zero-order chi connectivity index (χ0) is 20.1. The molecular formula is C21H26N4O2S. The first kappa shape index (κ1) is 20.1. The van der Waals surface area contributed by atoms with Crippen LogP contribution in [0.5, 0.6) is 5.75 Å². The Morgan fingerprint density at radius 3 is 2.61 bits per heavy atom. The van der Waals surface area contributed by atoms with Crippen LogP contribution in [0, 0.1) is 13.8 Å². The average Bonchev–Trinajstić information content (AvgIpc) is 3.31. The summed E-state index contributed by atoms with van der Waals surface area (Å²) in [6, 6.07) is 11.3. The van der Waals surface area contributed by atoms with Gasteiger partial charge in [0.25, 0.3) is 0 Å². The van der Waals surface area contributed by atoms with E-state index in [0.717, 1.165) is 29.2 Å². The van der Waals surface area contributed by atoms with Crippen molar-refractivity contribution in [2.24, 2.45) is 0 Å². The summed E-state index contributed by atoms with van der Waals surface area (Å²) in [5.74, 6) is 1.54. The van der Waals surface area contributed by atoms with Crippen LogP contribution < -0.4 is 10.1 Å². The standard InChI is InChI=1S/C21H26N4O2S/c1-15-13-16(2)25(23-15)18-8-7-17(14-20(18)27-3)22-21(26)19(9-12-28-4)24-10-5-6-11-24/h5-8,10-11,13-14,19H,9,12H2,1-4H3,(H,22,26)/t19-/m0/s1. The minimum absolute atomic E-state index is 0.0360. The number of carbonyl (C=O) groups is 1. The fourth-order valence-corrected chi connectivity index (χ4v) is 3.69. The normalized spacial score (nSPS) is 12.0. The molecule has 0 aliphatic heterocycles. The van der Waals surface area contributed by atoms with Crippen LogP contribution >= 0.6 is 11.8 Å². The summed E-state index contributed by atoms with van der Waals surface area (Å²) in [4.78, 5) is 12.9. The first-order valence-corrected chi connectivity index (χ1v) is 10.6. The van der Waals surface area contributed by atoms with E-state index < -0.39 is 0 Å². The molecule has 0 saturated carbocycles. The highest BCUT2D eigenvalue weighted by molar-refractivity contribution is 7.98. The monoisotopic (exact) mass is 398 g/mol. The third-order valence-electron chi connectivity index (χ3n) is 4.57. The van der Waals surface area contributed by atoms with Gasteiger partial charge in [-0.1, -0.05) is 0 Å². The molecule has 6 nitrogen and oxygen atoms in total. The van der Waals surface area contributed by atoms with Gasteiger partial charge in [0.1, 0.15) is 17.5 Å². The topological polar surface area (TPSA) is 61.1 Å². The minimum Gasteiger partial charge on any atom is -0.494 e. The van der Waals surface area contributed by atoms with Crippen LogP contribution in [0.4, 0.5) is 5.69 Å². The van der Waals surface area contributed by atoms with Crippen LogP contribution in [0.2, 0.25) is 0 Å². The van der Waals surface area contributed by atoms with E-state index >= 15 is 0 Å². The first-order chi connectivity index (χ1) is 13.5. The molecule has 0 unspecified atom stereocenters. The van der Waals surface area contributed by atoms with Crippen LogP contribution in [-0.4, -0.2) is 39.4 Å². The summed E-state index contributed by atoms with van der Waals surface area (Å²) in [5.41, 5.74) is 3.52. The molecule has 0 aliphatic carbocycles.